The van der Waals surface area contributed by atoms with Crippen molar-refractivity contribution in [1.29, 1.82) is 0 Å². The van der Waals surface area contributed by atoms with Crippen molar-refractivity contribution in [2.45, 2.75) is 10.8 Å². The number of halogens is 2. The third kappa shape index (κ3) is 9.26. The van der Waals surface area contributed by atoms with Crippen LogP contribution in [0.4, 0.5) is 25.8 Å². The first kappa shape index (κ1) is 54.3. The molecule has 89 heavy (non-hydrogen) atoms. The molecule has 0 amide bonds. The van der Waals surface area contributed by atoms with Crippen molar-refractivity contribution >= 4 is 29.2 Å². The summed E-state index contributed by atoms with van der Waals surface area (Å²) in [5, 5.41) is 0. The molecule has 5 heteroatoms. The van der Waals surface area contributed by atoms with E-state index in [1.807, 2.05) is 115 Å². The maximum atomic E-state index is 17.4. The minimum absolute atomic E-state index is 0.323. The smallest absolute Gasteiger partial charge is 0.127 e. The van der Waals surface area contributed by atoms with Crippen LogP contribution in [0.15, 0.2) is 323 Å². The fourth-order valence-corrected chi connectivity index (χ4v) is 13.8. The maximum absolute atomic E-state index is 17.4. The van der Waals surface area contributed by atoms with Crippen LogP contribution in [0.2, 0.25) is 0 Å². The van der Waals surface area contributed by atoms with E-state index in [4.69, 9.17) is 9.47 Å². The van der Waals surface area contributed by atoms with Gasteiger partial charge in [-0.1, -0.05) is 232 Å². The van der Waals surface area contributed by atoms with Crippen molar-refractivity contribution in [2.24, 2.45) is 0 Å². The molecule has 3 nitrogen and oxygen atoms in total. The predicted molar refractivity (Wildman–Crippen MR) is 360 cm³/mol. The van der Waals surface area contributed by atoms with Crippen molar-refractivity contribution < 1.29 is 18.3 Å². The Morgan fingerprint density at radius 3 is 1.06 bits per heavy atom. The predicted octanol–water partition coefficient (Wildman–Crippen LogP) is 22.4. The van der Waals surface area contributed by atoms with Gasteiger partial charge in [-0.05, 0) is 192 Å². The van der Waals surface area contributed by atoms with Gasteiger partial charge in [0, 0.05) is 28.2 Å². The highest BCUT2D eigenvalue weighted by Crippen LogP contribution is 2.60. The number of anilines is 3. The van der Waals surface area contributed by atoms with E-state index in [0.717, 1.165) is 106 Å². The van der Waals surface area contributed by atoms with Crippen LogP contribution in [0.25, 0.3) is 56.7 Å². The zero-order valence-corrected chi connectivity index (χ0v) is 48.5. The molecule has 0 aromatic heterocycles. The number of rotatable bonds is 15. The van der Waals surface area contributed by atoms with Gasteiger partial charge in [-0.3, -0.25) is 0 Å². The number of hydrogen-bond donors (Lipinski definition) is 0. The Balaban J connectivity index is 0.934. The summed E-state index contributed by atoms with van der Waals surface area (Å²) >= 11 is 0. The van der Waals surface area contributed by atoms with Crippen molar-refractivity contribution in [3.8, 4) is 67.5 Å². The second kappa shape index (κ2) is 22.5. The molecule has 2 atom stereocenters. The summed E-state index contributed by atoms with van der Waals surface area (Å²) in [6.45, 7) is 7.82. The Labute approximate surface area is 517 Å². The summed E-state index contributed by atoms with van der Waals surface area (Å²) in [5.74, 6) is 2.04. The zero-order chi connectivity index (χ0) is 60.1. The fraction of sp³-hybridized carbons (Fsp3) is 0.0238. The molecule has 13 aromatic carbocycles. The van der Waals surface area contributed by atoms with E-state index in [9.17, 15) is 0 Å². The van der Waals surface area contributed by atoms with E-state index in [1.165, 1.54) is 0 Å². The van der Waals surface area contributed by atoms with Gasteiger partial charge < -0.3 is 14.4 Å². The first-order valence-corrected chi connectivity index (χ1v) is 29.9. The highest BCUT2D eigenvalue weighted by Gasteiger charge is 2.50. The van der Waals surface area contributed by atoms with Crippen molar-refractivity contribution in [2.75, 3.05) is 4.90 Å². The van der Waals surface area contributed by atoms with Gasteiger partial charge in [0.15, 0.2) is 0 Å². The average Bonchev–Trinajstić information content (AvgIpc) is 1.58. The number of hydrogen-bond acceptors (Lipinski definition) is 3. The van der Waals surface area contributed by atoms with E-state index in [1.54, 1.807) is 36.4 Å². The van der Waals surface area contributed by atoms with Crippen LogP contribution in [0.3, 0.4) is 0 Å². The molecule has 0 aliphatic heterocycles. The Bertz CT molecular complexity index is 4580. The lowest BCUT2D eigenvalue weighted by Crippen LogP contribution is -2.30. The fourth-order valence-electron chi connectivity index (χ4n) is 13.8. The molecule has 0 spiro atoms. The number of nitrogens with zero attached hydrogens (tertiary/aromatic N) is 1. The lowest BCUT2D eigenvalue weighted by Gasteiger charge is -2.36. The average molecular weight is 1150 g/mol. The minimum atomic E-state index is -1.12. The highest BCUT2D eigenvalue weighted by molar-refractivity contribution is 5.93. The van der Waals surface area contributed by atoms with E-state index in [-0.39, 0.29) is 11.6 Å². The van der Waals surface area contributed by atoms with Gasteiger partial charge in [0.05, 0.1) is 10.8 Å². The highest BCUT2D eigenvalue weighted by atomic mass is 19.1. The molecule has 2 aliphatic carbocycles. The first-order chi connectivity index (χ1) is 43.8. The molecule has 2 unspecified atom stereocenters. The molecule has 13 aromatic rings. The van der Waals surface area contributed by atoms with Crippen LogP contribution in [0.1, 0.15) is 55.6 Å². The first-order valence-electron chi connectivity index (χ1n) is 29.9. The molecule has 0 radical (unpaired) electrons. The molecule has 0 saturated heterocycles. The Kier molecular flexibility index (Phi) is 13.7. The topological polar surface area (TPSA) is 21.7 Å². The van der Waals surface area contributed by atoms with Gasteiger partial charge in [0.1, 0.15) is 34.6 Å². The number of benzene rings is 13. The Morgan fingerprint density at radius 1 is 0.281 bits per heavy atom. The summed E-state index contributed by atoms with van der Waals surface area (Å²) in [6, 6.07) is 104. The summed E-state index contributed by atoms with van der Waals surface area (Å²) < 4.78 is 47.6. The van der Waals surface area contributed by atoms with E-state index >= 15 is 8.78 Å². The monoisotopic (exact) mass is 1150 g/mol. The standard InChI is InChI=1S/C84H57F2NO2/c1-3-56-29-43-67(44-30-56)88-69-47-35-62(36-48-69)83(77-25-12-14-27-81(77)85)75-23-10-8-21-71(75)73-51-41-65(54-79(73)83)87(64-39-33-59(34-40-64)61-20-16-19-60(53-61)58-17-6-5-7-18-58)66-42-52-74-72-22-9-11-24-76(72)84(80(74)55-66,78-26-13-15-28-82(78)86)63-37-49-70(50-38-63)89-68-45-31-57(4-2)32-46-68/h3-55H,1-2H2. The molecule has 424 valence electrons. The molecule has 0 saturated carbocycles. The molecule has 0 bridgehead atoms. The third-order valence-corrected chi connectivity index (χ3v) is 17.8. The van der Waals surface area contributed by atoms with Gasteiger partial charge in [0.2, 0.25) is 0 Å². The van der Waals surface area contributed by atoms with E-state index in [2.05, 4.69) is 188 Å². The molecule has 2 aliphatic rings. The van der Waals surface area contributed by atoms with Crippen LogP contribution in [0.5, 0.6) is 23.0 Å². The SMILES string of the molecule is C=Cc1ccc(Oc2ccc(C3(c4ccccc4F)c4ccccc4-c4ccc(N(c5ccc(-c6cccc(-c7ccccc7)c6)cc5)c5ccc6c(c5)C(c5ccc(Oc7ccc(C=C)cc7)cc5)(c5ccccc5F)c5ccccc5-6)cc43)cc2)cc1. The minimum Gasteiger partial charge on any atom is -0.457 e. The second-order valence-electron chi connectivity index (χ2n) is 22.6. The lowest BCUT2D eigenvalue weighted by atomic mass is 9.67. The number of fused-ring (bicyclic) bond motifs is 6. The van der Waals surface area contributed by atoms with E-state index < -0.39 is 10.8 Å². The summed E-state index contributed by atoms with van der Waals surface area (Å²) in [4.78, 5) is 2.29. The van der Waals surface area contributed by atoms with Crippen molar-refractivity contribution in [3.63, 3.8) is 0 Å². The third-order valence-electron chi connectivity index (χ3n) is 17.8. The molecule has 0 fully saturated rings. The second-order valence-corrected chi connectivity index (χ2v) is 22.6. The molecular weight excluding hydrogens is 1090 g/mol. The number of ether oxygens (including phenoxy) is 2. The van der Waals surface area contributed by atoms with Gasteiger partial charge >= 0.3 is 0 Å². The van der Waals surface area contributed by atoms with Crippen LogP contribution in [-0.4, -0.2) is 0 Å². The van der Waals surface area contributed by atoms with E-state index in [0.29, 0.717) is 34.1 Å². The maximum Gasteiger partial charge on any atom is 0.127 e. The van der Waals surface area contributed by atoms with Crippen LogP contribution in [-0.2, 0) is 10.8 Å². The van der Waals surface area contributed by atoms with Crippen molar-refractivity contribution in [3.05, 3.63) is 390 Å². The van der Waals surface area contributed by atoms with Crippen LogP contribution in [0, 0.1) is 11.6 Å². The molecule has 0 heterocycles. The van der Waals surface area contributed by atoms with Gasteiger partial charge in [0.25, 0.3) is 0 Å². The Hall–Kier alpha value is -11.4. The van der Waals surface area contributed by atoms with Crippen LogP contribution < -0.4 is 14.4 Å². The van der Waals surface area contributed by atoms with Gasteiger partial charge in [-0.25, -0.2) is 8.78 Å². The van der Waals surface area contributed by atoms with Gasteiger partial charge in [-0.2, -0.15) is 0 Å². The molecule has 0 N–H and O–H groups in total. The van der Waals surface area contributed by atoms with Crippen molar-refractivity contribution in [1.82, 2.24) is 0 Å². The lowest BCUT2D eigenvalue weighted by molar-refractivity contribution is 0.482. The molecule has 15 rings (SSSR count). The normalized spacial score (nSPS) is 15.0. The summed E-state index contributed by atoms with van der Waals surface area (Å²) in [7, 11) is 0. The molecular formula is C84H57F2NO2. The Morgan fingerprint density at radius 2 is 0.629 bits per heavy atom. The quantitative estimate of drug-likeness (QED) is 0.102. The summed E-state index contributed by atoms with van der Waals surface area (Å²) in [5.41, 5.74) is 17.3. The van der Waals surface area contributed by atoms with Gasteiger partial charge in [-0.15, -0.1) is 0 Å². The largest absolute Gasteiger partial charge is 0.457 e. The van der Waals surface area contributed by atoms with Crippen LogP contribution >= 0.6 is 0 Å². The summed E-state index contributed by atoms with van der Waals surface area (Å²) in [6.07, 6.45) is 3.61. The zero-order valence-electron chi connectivity index (χ0n) is 48.5.